The third kappa shape index (κ3) is 3.52. The van der Waals surface area contributed by atoms with Gasteiger partial charge in [0.15, 0.2) is 0 Å². The quantitative estimate of drug-likeness (QED) is 0.556. The van der Waals surface area contributed by atoms with Crippen LogP contribution in [0, 0.1) is 5.82 Å². The highest BCUT2D eigenvalue weighted by Gasteiger charge is 2.45. The van der Waals surface area contributed by atoms with Crippen molar-refractivity contribution < 1.29 is 23.6 Å². The van der Waals surface area contributed by atoms with Crippen LogP contribution in [0.5, 0.6) is 0 Å². The molecule has 2 aliphatic rings. The third-order valence-corrected chi connectivity index (χ3v) is 6.02. The lowest BCUT2D eigenvalue weighted by Crippen LogP contribution is -2.35. The average Bonchev–Trinajstić information content (AvgIpc) is 3.41. The van der Waals surface area contributed by atoms with E-state index < -0.39 is 11.4 Å². The van der Waals surface area contributed by atoms with Crippen molar-refractivity contribution in [3.8, 4) is 0 Å². The van der Waals surface area contributed by atoms with Crippen molar-refractivity contribution in [3.63, 3.8) is 0 Å². The van der Waals surface area contributed by atoms with E-state index in [-0.39, 0.29) is 5.82 Å². The lowest BCUT2D eigenvalue weighted by molar-refractivity contribution is -0.0950. The summed E-state index contributed by atoms with van der Waals surface area (Å²) >= 11 is 1.52. The first-order valence-corrected chi connectivity index (χ1v) is 9.44. The maximum atomic E-state index is 14.3. The molecule has 4 nitrogen and oxygen atoms in total. The molecule has 2 heterocycles. The molecule has 138 valence electrons. The molecular weight excluding hydrogens is 355 g/mol. The Morgan fingerprint density at radius 1 is 0.962 bits per heavy atom. The molecule has 2 aromatic carbocycles. The number of halogens is 1. The minimum atomic E-state index is -0.622. The molecule has 2 aromatic rings. The van der Waals surface area contributed by atoms with Gasteiger partial charge in [0.25, 0.3) is 5.79 Å². The molecule has 0 unspecified atom stereocenters. The molecule has 6 heteroatoms. The van der Waals surface area contributed by atoms with E-state index in [2.05, 4.69) is 0 Å². The van der Waals surface area contributed by atoms with Crippen LogP contribution in [0.2, 0.25) is 0 Å². The molecule has 2 aliphatic heterocycles. The summed E-state index contributed by atoms with van der Waals surface area (Å²) in [7, 11) is 1.68. The minimum Gasteiger partial charge on any atom is -0.381 e. The molecule has 4 rings (SSSR count). The predicted molar refractivity (Wildman–Crippen MR) is 95.2 cm³/mol. The Morgan fingerprint density at radius 3 is 2.27 bits per heavy atom. The summed E-state index contributed by atoms with van der Waals surface area (Å²) in [4.78, 5) is 11.8. The lowest BCUT2D eigenvalue weighted by atomic mass is 9.86. The van der Waals surface area contributed by atoms with Gasteiger partial charge in [0, 0.05) is 48.5 Å². The first kappa shape index (κ1) is 17.9. The predicted octanol–water partition coefficient (Wildman–Crippen LogP) is 4.76. The number of hydrogen-bond acceptors (Lipinski definition) is 5. The second-order valence-electron chi connectivity index (χ2n) is 6.73. The van der Waals surface area contributed by atoms with E-state index >= 15 is 0 Å². The Kier molecular flexibility index (Phi) is 4.79. The Labute approximate surface area is 156 Å². The van der Waals surface area contributed by atoms with E-state index in [1.807, 2.05) is 37.3 Å². The molecular formula is C20H21FO4S. The first-order chi connectivity index (χ1) is 12.5. The standard InChI is InChI=1S/C20H21FO4S/c1-19(24-25-19)14-3-5-17(6-4-14)26-18-12-15(11-16(21)13-18)20(22-2)7-9-23-10-8-20/h3-6,11-13H,7-10H2,1-2H3. The van der Waals surface area contributed by atoms with Gasteiger partial charge in [-0.2, -0.15) is 9.78 Å². The van der Waals surface area contributed by atoms with Crippen molar-refractivity contribution in [1.29, 1.82) is 0 Å². The van der Waals surface area contributed by atoms with Gasteiger partial charge in [-0.05, 0) is 42.8 Å². The van der Waals surface area contributed by atoms with Gasteiger partial charge in [0.2, 0.25) is 0 Å². The van der Waals surface area contributed by atoms with Crippen molar-refractivity contribution in [1.82, 2.24) is 0 Å². The maximum absolute atomic E-state index is 14.3. The smallest absolute Gasteiger partial charge is 0.256 e. The fraction of sp³-hybridized carbons (Fsp3) is 0.400. The molecule has 0 N–H and O–H groups in total. The number of ether oxygens (including phenoxy) is 2. The Balaban J connectivity index is 1.58. The molecule has 0 amide bonds. The van der Waals surface area contributed by atoms with E-state index in [1.165, 1.54) is 11.8 Å². The largest absolute Gasteiger partial charge is 0.381 e. The monoisotopic (exact) mass is 376 g/mol. The summed E-state index contributed by atoms with van der Waals surface area (Å²) in [5.41, 5.74) is 1.35. The number of rotatable bonds is 5. The molecule has 0 aliphatic carbocycles. The zero-order chi connectivity index (χ0) is 18.2. The first-order valence-electron chi connectivity index (χ1n) is 8.62. The van der Waals surface area contributed by atoms with E-state index in [0.717, 1.165) is 33.8 Å². The van der Waals surface area contributed by atoms with Gasteiger partial charge in [-0.3, -0.25) is 0 Å². The topological polar surface area (TPSA) is 43.5 Å². The highest BCUT2D eigenvalue weighted by molar-refractivity contribution is 7.99. The molecule has 26 heavy (non-hydrogen) atoms. The Morgan fingerprint density at radius 2 is 1.65 bits per heavy atom. The molecule has 0 saturated carbocycles. The third-order valence-electron chi connectivity index (χ3n) is 5.04. The van der Waals surface area contributed by atoms with Crippen molar-refractivity contribution >= 4 is 11.8 Å². The number of benzene rings is 2. The van der Waals surface area contributed by atoms with Crippen molar-refractivity contribution in [2.45, 2.75) is 40.9 Å². The summed E-state index contributed by atoms with van der Waals surface area (Å²) in [6, 6.07) is 13.0. The van der Waals surface area contributed by atoms with Crippen LogP contribution in [-0.4, -0.2) is 20.3 Å². The highest BCUT2D eigenvalue weighted by Crippen LogP contribution is 2.42. The van der Waals surface area contributed by atoms with Gasteiger partial charge < -0.3 is 9.47 Å². The molecule has 2 saturated heterocycles. The lowest BCUT2D eigenvalue weighted by Gasteiger charge is -2.36. The summed E-state index contributed by atoms with van der Waals surface area (Å²) in [5.74, 6) is -0.875. The number of methoxy groups -OCH3 is 1. The van der Waals surface area contributed by atoms with E-state index in [9.17, 15) is 4.39 Å². The zero-order valence-corrected chi connectivity index (χ0v) is 15.6. The van der Waals surface area contributed by atoms with Crippen molar-refractivity contribution in [2.75, 3.05) is 20.3 Å². The Hall–Kier alpha value is -1.44. The number of hydrogen-bond donors (Lipinski definition) is 0. The fourth-order valence-electron chi connectivity index (χ4n) is 3.32. The molecule has 2 fully saturated rings. The summed E-state index contributed by atoms with van der Waals surface area (Å²) in [6.45, 7) is 3.11. The molecule has 0 bridgehead atoms. The van der Waals surface area contributed by atoms with Crippen LogP contribution in [0.4, 0.5) is 4.39 Å². The maximum Gasteiger partial charge on any atom is 0.256 e. The van der Waals surface area contributed by atoms with Crippen LogP contribution in [-0.2, 0) is 30.6 Å². The van der Waals surface area contributed by atoms with Crippen LogP contribution in [0.15, 0.2) is 52.3 Å². The average molecular weight is 376 g/mol. The SMILES string of the molecule is COC1(c2cc(F)cc(Sc3ccc(C4(C)OO4)cc3)c2)CCOCC1. The second-order valence-corrected chi connectivity index (χ2v) is 7.87. The van der Waals surface area contributed by atoms with Gasteiger partial charge in [-0.25, -0.2) is 4.39 Å². The van der Waals surface area contributed by atoms with Crippen LogP contribution in [0.25, 0.3) is 0 Å². The highest BCUT2D eigenvalue weighted by atomic mass is 32.2. The summed E-state index contributed by atoms with van der Waals surface area (Å²) < 4.78 is 25.5. The van der Waals surface area contributed by atoms with Gasteiger partial charge in [0.05, 0.1) is 5.60 Å². The minimum absolute atomic E-state index is 0.253. The van der Waals surface area contributed by atoms with Crippen LogP contribution < -0.4 is 0 Å². The Bertz CT molecular complexity index is 783. The van der Waals surface area contributed by atoms with Crippen LogP contribution >= 0.6 is 11.8 Å². The fourth-order valence-corrected chi connectivity index (χ4v) is 4.22. The van der Waals surface area contributed by atoms with Gasteiger partial charge in [-0.15, -0.1) is 0 Å². The van der Waals surface area contributed by atoms with Gasteiger partial charge in [0.1, 0.15) is 5.82 Å². The molecule has 0 aromatic heterocycles. The second kappa shape index (κ2) is 6.94. The van der Waals surface area contributed by atoms with Crippen LogP contribution in [0.3, 0.4) is 0 Å². The van der Waals surface area contributed by atoms with Crippen LogP contribution in [0.1, 0.15) is 30.9 Å². The summed E-state index contributed by atoms with van der Waals surface area (Å²) in [5, 5.41) is 0. The zero-order valence-electron chi connectivity index (χ0n) is 14.8. The molecule has 0 spiro atoms. The van der Waals surface area contributed by atoms with Gasteiger partial charge in [-0.1, -0.05) is 23.9 Å². The van der Waals surface area contributed by atoms with E-state index in [1.54, 1.807) is 19.2 Å². The summed E-state index contributed by atoms with van der Waals surface area (Å²) in [6.07, 6.45) is 1.45. The van der Waals surface area contributed by atoms with Crippen molar-refractivity contribution in [3.05, 3.63) is 59.4 Å². The van der Waals surface area contributed by atoms with Gasteiger partial charge >= 0.3 is 0 Å². The van der Waals surface area contributed by atoms with E-state index in [0.29, 0.717) is 13.2 Å². The van der Waals surface area contributed by atoms with E-state index in [4.69, 9.17) is 19.2 Å². The normalized spacial score (nSPS) is 20.7. The molecule has 0 atom stereocenters. The molecule has 0 radical (unpaired) electrons. The van der Waals surface area contributed by atoms with Crippen molar-refractivity contribution in [2.24, 2.45) is 0 Å².